The molecule has 0 aliphatic carbocycles. The van der Waals surface area contributed by atoms with E-state index in [1.54, 1.807) is 0 Å². The van der Waals surface area contributed by atoms with Gasteiger partial charge in [0.2, 0.25) is 0 Å². The number of nitrogen functional groups attached to an aromatic ring is 1. The van der Waals surface area contributed by atoms with E-state index in [9.17, 15) is 38.6 Å². The molecule has 32 heavy (non-hydrogen) atoms. The largest absolute Gasteiger partial charge is 1.00 e. The quantitative estimate of drug-likeness (QED) is 0.217. The monoisotopic (exact) mass is 571 g/mol. The zero-order valence-corrected chi connectivity index (χ0v) is 29.0. The molecule has 5 atom stereocenters. The van der Waals surface area contributed by atoms with Crippen LogP contribution in [0.15, 0.2) is 17.1 Å². The van der Waals surface area contributed by atoms with E-state index in [-0.39, 0.29) is 130 Å². The summed E-state index contributed by atoms with van der Waals surface area (Å²) in [7, 11) is -11.9. The first-order valence-corrected chi connectivity index (χ1v) is 12.5. The van der Waals surface area contributed by atoms with Crippen molar-refractivity contribution in [1.82, 2.24) is 9.55 Å². The second kappa shape index (κ2) is 16.4. The van der Waals surface area contributed by atoms with Crippen molar-refractivity contribution in [1.29, 1.82) is 0 Å². The second-order valence-electron chi connectivity index (χ2n) is 5.28. The van der Waals surface area contributed by atoms with Crippen LogP contribution in [0.2, 0.25) is 0 Å². The predicted octanol–water partition coefficient (Wildman–Crippen LogP) is -15.6. The van der Waals surface area contributed by atoms with Gasteiger partial charge in [-0.15, -0.1) is 0 Å². The normalized spacial score (nSPS) is 23.8. The fourth-order valence-corrected chi connectivity index (χ4v) is 5.91. The van der Waals surface area contributed by atoms with Crippen LogP contribution in [0.5, 0.6) is 0 Å². The van der Waals surface area contributed by atoms with Gasteiger partial charge in [-0.1, -0.05) is 11.8 Å². The van der Waals surface area contributed by atoms with Crippen LogP contribution < -0.4 is 149 Å². The summed E-state index contributed by atoms with van der Waals surface area (Å²) in [5.41, 5.74) is 4.59. The Morgan fingerprint density at radius 1 is 1.22 bits per heavy atom. The van der Waals surface area contributed by atoms with Crippen molar-refractivity contribution in [2.75, 3.05) is 12.3 Å². The Labute approximate surface area is 275 Å². The summed E-state index contributed by atoms with van der Waals surface area (Å²) in [6.45, 7) is -5.65. The molecule has 3 N–H and O–H groups in total. The Balaban J connectivity index is -0.00000210. The predicted molar refractivity (Wildman–Crippen MR) is 85.1 cm³/mol. The molecule has 23 heteroatoms. The van der Waals surface area contributed by atoms with Gasteiger partial charge in [0.15, 0.2) is 0 Å². The zero-order valence-electron chi connectivity index (χ0n) is 17.5. The van der Waals surface area contributed by atoms with Gasteiger partial charge < -0.3 is 44.2 Å². The van der Waals surface area contributed by atoms with Gasteiger partial charge in [-0.2, -0.15) is 4.98 Å². The molecule has 1 aliphatic rings. The van der Waals surface area contributed by atoms with Crippen molar-refractivity contribution in [3.05, 3.63) is 22.7 Å². The number of aromatic nitrogens is 2. The number of anilines is 1. The third-order valence-corrected chi connectivity index (χ3v) is 7.74. The van der Waals surface area contributed by atoms with E-state index in [1.807, 2.05) is 0 Å². The molecule has 1 aromatic rings. The van der Waals surface area contributed by atoms with Gasteiger partial charge in [0.1, 0.15) is 24.9 Å². The average Bonchev–Trinajstić information content (AvgIpc) is 2.82. The summed E-state index contributed by atoms with van der Waals surface area (Å²) >= 11 is 4.26. The van der Waals surface area contributed by atoms with E-state index in [0.29, 0.717) is 0 Å². The number of rotatable bonds is 8. The van der Waals surface area contributed by atoms with E-state index >= 15 is 0 Å². The number of nitrogens with zero attached hydrogens (tertiary/aromatic N) is 2. The van der Waals surface area contributed by atoms with Crippen LogP contribution in [-0.2, 0) is 38.8 Å². The van der Waals surface area contributed by atoms with Crippen molar-refractivity contribution in [3.8, 4) is 0 Å². The molecule has 0 radical (unpaired) electrons. The van der Waals surface area contributed by atoms with Crippen LogP contribution in [0.3, 0.4) is 0 Å². The Morgan fingerprint density at radius 3 is 2.28 bits per heavy atom. The molecule has 1 fully saturated rings. The van der Waals surface area contributed by atoms with Crippen LogP contribution in [0.1, 0.15) is 12.6 Å². The number of hydrogen-bond acceptors (Lipinski definition) is 15. The third-order valence-electron chi connectivity index (χ3n) is 3.16. The summed E-state index contributed by atoms with van der Waals surface area (Å²) < 4.78 is 39.3. The molecule has 0 spiro atoms. The Morgan fingerprint density at radius 2 is 1.78 bits per heavy atom. The molecule has 1 saturated heterocycles. The number of nitrogens with two attached hydrogens (primary N) is 1. The molecular formula is C9H12N3Na4O12P3S. The van der Waals surface area contributed by atoms with Gasteiger partial charge in [-0.05, 0) is 6.07 Å². The minimum atomic E-state index is -6.01. The van der Waals surface area contributed by atoms with Crippen LogP contribution in [-0.4, -0.2) is 33.5 Å². The maximum atomic E-state index is 11.8. The first-order valence-electron chi connectivity index (χ1n) is 7.07. The average molecular weight is 571 g/mol. The molecule has 0 amide bonds. The van der Waals surface area contributed by atoms with Gasteiger partial charge in [0, 0.05) is 12.6 Å². The number of ether oxygens (including phenoxy) is 1. The van der Waals surface area contributed by atoms with Crippen molar-refractivity contribution in [2.24, 2.45) is 0 Å². The number of aliphatic hydroxyl groups is 1. The van der Waals surface area contributed by atoms with Crippen molar-refractivity contribution < 1.29 is 170 Å². The molecule has 1 aromatic heterocycles. The van der Waals surface area contributed by atoms with E-state index in [4.69, 9.17) is 10.5 Å². The Kier molecular flexibility index (Phi) is 20.5. The van der Waals surface area contributed by atoms with Crippen LogP contribution in [0, 0.1) is 0 Å². The smallest absolute Gasteiger partial charge is 0.790 e. The van der Waals surface area contributed by atoms with Crippen molar-refractivity contribution >= 4 is 40.0 Å². The maximum Gasteiger partial charge on any atom is 1.00 e. The number of aliphatic hydroxyl groups excluding tert-OH is 1. The molecule has 2 unspecified atom stereocenters. The van der Waals surface area contributed by atoms with E-state index in [0.717, 1.165) is 4.57 Å². The summed E-state index contributed by atoms with van der Waals surface area (Å²) in [5.74, 6) is -0.0335. The summed E-state index contributed by atoms with van der Waals surface area (Å²) in [5, 5.41) is 9.96. The number of hydrogen-bond donors (Lipinski definition) is 2. The SMILES string of the molecule is Nc1ccn([C@H]2C[C@H](O)[C@@H](COP([O-])(=S)OP(=O)([O-])OP(=O)([O-])[O-])O2)c(=O)n1.[Na+].[Na+].[Na+].[Na+]. The van der Waals surface area contributed by atoms with Crippen molar-refractivity contribution in [2.45, 2.75) is 24.9 Å². The van der Waals surface area contributed by atoms with Gasteiger partial charge in [0.25, 0.3) is 7.82 Å². The Hall–Kier alpha value is 3.43. The van der Waals surface area contributed by atoms with E-state index in [1.165, 1.54) is 12.3 Å². The zero-order chi connectivity index (χ0) is 21.3. The molecule has 160 valence electrons. The van der Waals surface area contributed by atoms with Gasteiger partial charge in [-0.3, -0.25) is 17.8 Å². The van der Waals surface area contributed by atoms with Crippen LogP contribution >= 0.6 is 22.4 Å². The fraction of sp³-hybridized carbons (Fsp3) is 0.556. The topological polar surface area (TPSA) is 244 Å². The third kappa shape index (κ3) is 13.8. The minimum absolute atomic E-state index is 0. The van der Waals surface area contributed by atoms with Gasteiger partial charge >= 0.3 is 124 Å². The molecule has 2 heterocycles. The van der Waals surface area contributed by atoms with E-state index < -0.39 is 53.1 Å². The number of phosphoric acid groups is 2. The first-order chi connectivity index (χ1) is 12.7. The molecule has 0 aromatic carbocycles. The molecule has 1 aliphatic heterocycles. The molecule has 0 bridgehead atoms. The Bertz CT molecular complexity index is 936. The molecular weight excluding hydrogens is 559 g/mol. The summed E-state index contributed by atoms with van der Waals surface area (Å²) in [6, 6.07) is 1.31. The van der Waals surface area contributed by atoms with Crippen LogP contribution in [0.25, 0.3) is 0 Å². The summed E-state index contributed by atoms with van der Waals surface area (Å²) in [4.78, 5) is 58.9. The van der Waals surface area contributed by atoms with Crippen molar-refractivity contribution in [3.63, 3.8) is 0 Å². The van der Waals surface area contributed by atoms with Crippen LogP contribution in [0.4, 0.5) is 5.82 Å². The standard InChI is InChI=1S/C9H16N3O12P3S.4Na/c10-7-1-2-12(9(14)11-7)8-3-5(13)6(22-8)4-21-27(20,28)24-26(18,19)23-25(15,16)17;;;;/h1-2,5-6,8,13H,3-4H2,(H,18,19)(H,20,28)(H2,10,11,14)(H2,15,16,17);;;;/q;4*+1/p-4/t5-,6+,8+,27?;;;;/m0..../s1. The van der Waals surface area contributed by atoms with Gasteiger partial charge in [-0.25, -0.2) is 4.79 Å². The van der Waals surface area contributed by atoms with Gasteiger partial charge in [0.05, 0.1) is 20.5 Å². The maximum absolute atomic E-state index is 11.8. The summed E-state index contributed by atoms with van der Waals surface area (Å²) in [6.07, 6.45) is -2.30. The second-order valence-corrected chi connectivity index (χ2v) is 10.9. The molecule has 2 rings (SSSR count). The fourth-order valence-electron chi connectivity index (χ4n) is 2.13. The van der Waals surface area contributed by atoms with E-state index in [2.05, 4.69) is 29.9 Å². The first kappa shape index (κ1) is 39.9. The molecule has 15 nitrogen and oxygen atoms in total. The minimum Gasteiger partial charge on any atom is -0.790 e. The molecule has 0 saturated carbocycles.